The first-order valence-corrected chi connectivity index (χ1v) is 6.36. The van der Waals surface area contributed by atoms with Crippen LogP contribution in [0.1, 0.15) is 0 Å². The Kier molecular flexibility index (Phi) is 3.64. The van der Waals surface area contributed by atoms with Crippen LogP contribution in [0.3, 0.4) is 0 Å². The lowest BCUT2D eigenvalue weighted by atomic mass is 10.3. The molecule has 3 rings (SSSR count). The number of carbonyl (C=O) groups excluding carboxylic acids is 1. The van der Waals surface area contributed by atoms with Gasteiger partial charge in [-0.25, -0.2) is 0 Å². The van der Waals surface area contributed by atoms with Crippen LogP contribution in [0.2, 0.25) is 0 Å². The van der Waals surface area contributed by atoms with Gasteiger partial charge in [0.25, 0.3) is 0 Å². The number of tetrazole rings is 1. The van der Waals surface area contributed by atoms with Crippen molar-refractivity contribution in [2.24, 2.45) is 0 Å². The van der Waals surface area contributed by atoms with Crippen molar-refractivity contribution in [3.8, 4) is 11.4 Å². The molecule has 104 valence electrons. The van der Waals surface area contributed by atoms with Crippen molar-refractivity contribution in [1.82, 2.24) is 30.1 Å². The third kappa shape index (κ3) is 2.80. The first-order valence-electron chi connectivity index (χ1n) is 6.36. The fourth-order valence-corrected chi connectivity index (χ4v) is 1.96. The second-order valence-electron chi connectivity index (χ2n) is 4.37. The van der Waals surface area contributed by atoms with Crippen LogP contribution in [0, 0.1) is 0 Å². The van der Waals surface area contributed by atoms with Crippen molar-refractivity contribution in [3.63, 3.8) is 0 Å². The number of morpholine rings is 1. The molecule has 0 atom stereocenters. The highest BCUT2D eigenvalue weighted by atomic mass is 16.5. The molecule has 0 aliphatic carbocycles. The van der Waals surface area contributed by atoms with Crippen molar-refractivity contribution >= 4 is 5.91 Å². The fraction of sp³-hybridized carbons (Fsp3) is 0.417. The number of rotatable bonds is 3. The standard InChI is InChI=1S/C12H14N6O2/c19-11(17-5-7-20-8-6-17)9-18-15-12(14-16-18)10-1-3-13-4-2-10/h1-4H,5-9H2. The SMILES string of the molecule is O=C(Cn1nnc(-c2ccncc2)n1)N1CCOCC1. The Morgan fingerprint density at radius 2 is 2.00 bits per heavy atom. The summed E-state index contributed by atoms with van der Waals surface area (Å²) in [5, 5.41) is 12.1. The summed E-state index contributed by atoms with van der Waals surface area (Å²) in [6, 6.07) is 3.59. The van der Waals surface area contributed by atoms with E-state index in [1.54, 1.807) is 29.4 Å². The molecule has 0 bridgehead atoms. The monoisotopic (exact) mass is 274 g/mol. The Balaban J connectivity index is 1.66. The molecule has 1 fully saturated rings. The lowest BCUT2D eigenvalue weighted by Gasteiger charge is -2.26. The summed E-state index contributed by atoms with van der Waals surface area (Å²) in [6.07, 6.45) is 3.32. The van der Waals surface area contributed by atoms with Crippen molar-refractivity contribution in [2.45, 2.75) is 6.54 Å². The Morgan fingerprint density at radius 1 is 1.25 bits per heavy atom. The van der Waals surface area contributed by atoms with Gasteiger partial charge in [-0.05, 0) is 17.3 Å². The zero-order chi connectivity index (χ0) is 13.8. The third-order valence-electron chi connectivity index (χ3n) is 3.03. The maximum absolute atomic E-state index is 12.0. The first-order chi connectivity index (χ1) is 9.83. The van der Waals surface area contributed by atoms with E-state index in [4.69, 9.17) is 4.74 Å². The van der Waals surface area contributed by atoms with Crippen molar-refractivity contribution in [1.29, 1.82) is 0 Å². The molecule has 0 unspecified atom stereocenters. The number of hydrogen-bond acceptors (Lipinski definition) is 6. The van der Waals surface area contributed by atoms with E-state index in [9.17, 15) is 4.79 Å². The van der Waals surface area contributed by atoms with Gasteiger partial charge in [-0.15, -0.1) is 10.2 Å². The van der Waals surface area contributed by atoms with Gasteiger partial charge in [0.1, 0.15) is 6.54 Å². The molecular formula is C12H14N6O2. The van der Waals surface area contributed by atoms with E-state index >= 15 is 0 Å². The zero-order valence-corrected chi connectivity index (χ0v) is 10.8. The van der Waals surface area contributed by atoms with E-state index in [1.807, 2.05) is 0 Å². The summed E-state index contributed by atoms with van der Waals surface area (Å²) in [5.74, 6) is 0.467. The van der Waals surface area contributed by atoms with Gasteiger partial charge in [0.05, 0.1) is 13.2 Å². The maximum Gasteiger partial charge on any atom is 0.246 e. The number of aromatic nitrogens is 5. The molecule has 2 aromatic rings. The number of carbonyl (C=O) groups is 1. The highest BCUT2D eigenvalue weighted by Crippen LogP contribution is 2.10. The average molecular weight is 274 g/mol. The largest absolute Gasteiger partial charge is 0.378 e. The predicted octanol–water partition coefficient (Wildman–Crippen LogP) is -0.406. The Bertz CT molecular complexity index is 579. The number of hydrogen-bond donors (Lipinski definition) is 0. The van der Waals surface area contributed by atoms with E-state index in [0.717, 1.165) is 5.56 Å². The minimum atomic E-state index is -0.0213. The average Bonchev–Trinajstić information content (AvgIpc) is 2.97. The smallest absolute Gasteiger partial charge is 0.246 e. The molecule has 20 heavy (non-hydrogen) atoms. The lowest BCUT2D eigenvalue weighted by Crippen LogP contribution is -2.42. The molecule has 8 heteroatoms. The van der Waals surface area contributed by atoms with Gasteiger partial charge in [0.15, 0.2) is 0 Å². The van der Waals surface area contributed by atoms with E-state index in [-0.39, 0.29) is 12.5 Å². The van der Waals surface area contributed by atoms with Gasteiger partial charge < -0.3 is 9.64 Å². The van der Waals surface area contributed by atoms with Crippen molar-refractivity contribution < 1.29 is 9.53 Å². The molecule has 1 saturated heterocycles. The molecule has 1 aliphatic rings. The number of ether oxygens (including phenoxy) is 1. The Hall–Kier alpha value is -2.35. The first kappa shape index (κ1) is 12.7. The van der Waals surface area contributed by atoms with E-state index in [2.05, 4.69) is 20.4 Å². The van der Waals surface area contributed by atoms with Crippen LogP contribution in [0.25, 0.3) is 11.4 Å². The van der Waals surface area contributed by atoms with Crippen molar-refractivity contribution in [2.75, 3.05) is 26.3 Å². The van der Waals surface area contributed by atoms with Crippen LogP contribution in [0.4, 0.5) is 0 Å². The summed E-state index contributed by atoms with van der Waals surface area (Å²) < 4.78 is 5.21. The lowest BCUT2D eigenvalue weighted by molar-refractivity contribution is -0.136. The highest BCUT2D eigenvalue weighted by molar-refractivity contribution is 5.75. The van der Waals surface area contributed by atoms with E-state index < -0.39 is 0 Å². The molecule has 0 aromatic carbocycles. The Labute approximate surface area is 115 Å². The topological polar surface area (TPSA) is 86.0 Å². The zero-order valence-electron chi connectivity index (χ0n) is 10.8. The van der Waals surface area contributed by atoms with Gasteiger partial charge in [-0.1, -0.05) is 0 Å². The summed E-state index contributed by atoms with van der Waals surface area (Å²) in [7, 11) is 0. The van der Waals surface area contributed by atoms with Crippen LogP contribution < -0.4 is 0 Å². The predicted molar refractivity (Wildman–Crippen MR) is 68.4 cm³/mol. The molecule has 8 nitrogen and oxygen atoms in total. The summed E-state index contributed by atoms with van der Waals surface area (Å²) >= 11 is 0. The molecule has 1 amide bonds. The van der Waals surface area contributed by atoms with Gasteiger partial charge in [-0.2, -0.15) is 4.80 Å². The maximum atomic E-state index is 12.0. The van der Waals surface area contributed by atoms with Crippen LogP contribution >= 0.6 is 0 Å². The quantitative estimate of drug-likeness (QED) is 0.756. The molecule has 0 radical (unpaired) electrons. The minimum absolute atomic E-state index is 0.0213. The van der Waals surface area contributed by atoms with Gasteiger partial charge in [0.2, 0.25) is 11.7 Å². The van der Waals surface area contributed by atoms with Gasteiger partial charge in [0, 0.05) is 31.0 Å². The summed E-state index contributed by atoms with van der Waals surface area (Å²) in [6.45, 7) is 2.49. The molecular weight excluding hydrogens is 260 g/mol. The number of amides is 1. The molecule has 3 heterocycles. The summed E-state index contributed by atoms with van der Waals surface area (Å²) in [4.78, 5) is 19.0. The molecule has 1 aliphatic heterocycles. The second kappa shape index (κ2) is 5.74. The van der Waals surface area contributed by atoms with Crippen LogP contribution in [-0.4, -0.2) is 62.3 Å². The van der Waals surface area contributed by atoms with Crippen molar-refractivity contribution in [3.05, 3.63) is 24.5 Å². The molecule has 0 saturated carbocycles. The number of nitrogens with zero attached hydrogens (tertiary/aromatic N) is 6. The van der Waals surface area contributed by atoms with Crippen LogP contribution in [0.15, 0.2) is 24.5 Å². The van der Waals surface area contributed by atoms with Gasteiger partial charge in [-0.3, -0.25) is 9.78 Å². The van der Waals surface area contributed by atoms with Gasteiger partial charge >= 0.3 is 0 Å². The third-order valence-corrected chi connectivity index (χ3v) is 3.03. The minimum Gasteiger partial charge on any atom is -0.378 e. The van der Waals surface area contributed by atoms with Crippen LogP contribution in [0.5, 0.6) is 0 Å². The molecule has 0 spiro atoms. The Morgan fingerprint density at radius 3 is 2.75 bits per heavy atom. The summed E-state index contributed by atoms with van der Waals surface area (Å²) in [5.41, 5.74) is 0.824. The van der Waals surface area contributed by atoms with E-state index in [0.29, 0.717) is 32.1 Å². The number of pyridine rings is 1. The molecule has 2 aromatic heterocycles. The highest BCUT2D eigenvalue weighted by Gasteiger charge is 2.18. The van der Waals surface area contributed by atoms with Crippen LogP contribution in [-0.2, 0) is 16.1 Å². The molecule has 0 N–H and O–H groups in total. The normalized spacial score (nSPS) is 15.3. The van der Waals surface area contributed by atoms with E-state index in [1.165, 1.54) is 4.80 Å². The second-order valence-corrected chi connectivity index (χ2v) is 4.37. The fourth-order valence-electron chi connectivity index (χ4n) is 1.96.